The summed E-state index contributed by atoms with van der Waals surface area (Å²) < 4.78 is 13.5. The Morgan fingerprint density at radius 1 is 1.23 bits per heavy atom. The molecule has 0 amide bonds. The van der Waals surface area contributed by atoms with Crippen molar-refractivity contribution in [1.82, 2.24) is 0 Å². The van der Waals surface area contributed by atoms with Crippen LogP contribution in [0.4, 0.5) is 4.39 Å². The van der Waals surface area contributed by atoms with Gasteiger partial charge in [-0.25, -0.2) is 4.39 Å². The molecule has 31 heavy (non-hydrogen) atoms. The maximum Gasteiger partial charge on any atom is 0.160 e. The zero-order chi connectivity index (χ0) is 22.9. The molecule has 4 atom stereocenters. The van der Waals surface area contributed by atoms with Gasteiger partial charge >= 0.3 is 0 Å². The highest BCUT2D eigenvalue weighted by molar-refractivity contribution is 5.98. The minimum atomic E-state index is -0.278. The summed E-state index contributed by atoms with van der Waals surface area (Å²) in [6.45, 7) is 14.8. The second-order valence-electron chi connectivity index (χ2n) is 10.2. The molecule has 0 aliphatic heterocycles. The number of carbonyl (C=O) groups is 2. The Balaban J connectivity index is 1.61. The number of benzene rings is 1. The van der Waals surface area contributed by atoms with E-state index in [9.17, 15) is 14.0 Å². The van der Waals surface area contributed by atoms with Gasteiger partial charge in [0.15, 0.2) is 5.78 Å². The lowest BCUT2D eigenvalue weighted by Crippen LogP contribution is -2.37. The highest BCUT2D eigenvalue weighted by atomic mass is 19.1. The number of carbonyl (C=O) groups excluding carboxylic acids is 2. The summed E-state index contributed by atoms with van der Waals surface area (Å²) in [5.41, 5.74) is 3.78. The lowest BCUT2D eigenvalue weighted by molar-refractivity contribution is -0.126. The van der Waals surface area contributed by atoms with Crippen LogP contribution >= 0.6 is 0 Å². The Morgan fingerprint density at radius 2 is 1.94 bits per heavy atom. The molecule has 0 heterocycles. The lowest BCUT2D eigenvalue weighted by Gasteiger charge is -2.41. The fourth-order valence-corrected chi connectivity index (χ4v) is 4.95. The third kappa shape index (κ3) is 4.97. The Labute approximate surface area is 186 Å². The van der Waals surface area contributed by atoms with Gasteiger partial charge in [0.25, 0.3) is 0 Å². The molecule has 3 heteroatoms. The van der Waals surface area contributed by atoms with E-state index in [0.717, 1.165) is 28.7 Å². The molecule has 1 aromatic rings. The largest absolute Gasteiger partial charge is 0.299 e. The fraction of sp³-hybridized carbons (Fsp3) is 0.500. The summed E-state index contributed by atoms with van der Waals surface area (Å²) in [6, 6.07) is 6.46. The van der Waals surface area contributed by atoms with Crippen LogP contribution in [0.5, 0.6) is 0 Å². The second kappa shape index (κ2) is 9.06. The zero-order valence-electron chi connectivity index (χ0n) is 19.5. The number of hydrogen-bond donors (Lipinski definition) is 0. The standard InChI is InChI=1S/C28H35FO2/c1-17(2)28(6)15-19(4)25(27(31)16-28)14-22-10-11-24(20(22)5)26(30)12-18(3)21-8-7-9-23(29)13-21/h7-11,13,17-18,20,25H,4,12,14-16H2,1-3,5-6H3/t18-,20?,25?,28+/m1/s1. The van der Waals surface area contributed by atoms with Crippen molar-refractivity contribution in [2.45, 2.75) is 66.2 Å². The second-order valence-corrected chi connectivity index (χ2v) is 10.2. The van der Waals surface area contributed by atoms with E-state index in [4.69, 9.17) is 0 Å². The van der Waals surface area contributed by atoms with Crippen LogP contribution in [-0.2, 0) is 9.59 Å². The fourth-order valence-electron chi connectivity index (χ4n) is 4.95. The van der Waals surface area contributed by atoms with Crippen LogP contribution in [-0.4, -0.2) is 11.6 Å². The van der Waals surface area contributed by atoms with Gasteiger partial charge in [-0.05, 0) is 47.8 Å². The predicted octanol–water partition coefficient (Wildman–Crippen LogP) is 6.98. The Morgan fingerprint density at radius 3 is 2.55 bits per heavy atom. The summed E-state index contributed by atoms with van der Waals surface area (Å²) in [7, 11) is 0. The molecule has 1 fully saturated rings. The molecular formula is C28H35FO2. The van der Waals surface area contributed by atoms with Crippen molar-refractivity contribution >= 4 is 11.6 Å². The predicted molar refractivity (Wildman–Crippen MR) is 124 cm³/mol. The molecule has 0 aromatic heterocycles. The van der Waals surface area contributed by atoms with Crippen LogP contribution in [0.1, 0.15) is 71.8 Å². The van der Waals surface area contributed by atoms with Gasteiger partial charge in [-0.2, -0.15) is 0 Å². The molecule has 166 valence electrons. The first-order valence-electron chi connectivity index (χ1n) is 11.4. The van der Waals surface area contributed by atoms with Gasteiger partial charge < -0.3 is 0 Å². The van der Waals surface area contributed by atoms with Crippen LogP contribution in [0, 0.1) is 29.0 Å². The van der Waals surface area contributed by atoms with Gasteiger partial charge in [-0.3, -0.25) is 9.59 Å². The summed E-state index contributed by atoms with van der Waals surface area (Å²) in [5.74, 6) is 0.344. The Kier molecular flexibility index (Phi) is 6.83. The monoisotopic (exact) mass is 422 g/mol. The van der Waals surface area contributed by atoms with E-state index in [0.29, 0.717) is 25.2 Å². The number of ketones is 2. The molecule has 0 bridgehead atoms. The molecule has 0 spiro atoms. The number of hydrogen-bond acceptors (Lipinski definition) is 2. The highest BCUT2D eigenvalue weighted by Gasteiger charge is 2.41. The molecule has 2 aliphatic rings. The summed E-state index contributed by atoms with van der Waals surface area (Å²) in [5, 5.41) is 0. The van der Waals surface area contributed by atoms with Crippen LogP contribution in [0.3, 0.4) is 0 Å². The zero-order valence-corrected chi connectivity index (χ0v) is 19.5. The number of Topliss-reactive ketones (excluding diaryl/α,β-unsaturated/α-hetero) is 2. The number of rotatable bonds is 7. The first-order valence-corrected chi connectivity index (χ1v) is 11.4. The van der Waals surface area contributed by atoms with Gasteiger partial charge in [-0.15, -0.1) is 0 Å². The first kappa shape index (κ1) is 23.4. The number of halogens is 1. The molecule has 2 aliphatic carbocycles. The van der Waals surface area contributed by atoms with E-state index in [1.54, 1.807) is 6.07 Å². The molecular weight excluding hydrogens is 387 g/mol. The van der Waals surface area contributed by atoms with E-state index in [2.05, 4.69) is 27.4 Å². The van der Waals surface area contributed by atoms with Crippen molar-refractivity contribution in [2.75, 3.05) is 0 Å². The van der Waals surface area contributed by atoms with Crippen molar-refractivity contribution in [3.63, 3.8) is 0 Å². The van der Waals surface area contributed by atoms with Crippen LogP contribution < -0.4 is 0 Å². The average molecular weight is 423 g/mol. The van der Waals surface area contributed by atoms with E-state index >= 15 is 0 Å². The maximum absolute atomic E-state index is 13.5. The maximum atomic E-state index is 13.5. The van der Waals surface area contributed by atoms with E-state index in [1.165, 1.54) is 12.1 Å². The van der Waals surface area contributed by atoms with Crippen LogP contribution in [0.25, 0.3) is 0 Å². The molecule has 3 rings (SSSR count). The summed E-state index contributed by atoms with van der Waals surface area (Å²) >= 11 is 0. The van der Waals surface area contributed by atoms with Gasteiger partial charge in [0.1, 0.15) is 11.6 Å². The minimum absolute atomic E-state index is 0.00576. The molecule has 0 radical (unpaired) electrons. The molecule has 1 saturated carbocycles. The van der Waals surface area contributed by atoms with Crippen molar-refractivity contribution in [1.29, 1.82) is 0 Å². The van der Waals surface area contributed by atoms with Crippen molar-refractivity contribution in [3.8, 4) is 0 Å². The number of allylic oxidation sites excluding steroid dienone is 5. The minimum Gasteiger partial charge on any atom is -0.299 e. The third-order valence-corrected chi connectivity index (χ3v) is 7.66. The lowest BCUT2D eigenvalue weighted by atomic mass is 9.62. The van der Waals surface area contributed by atoms with Gasteiger partial charge in [-0.1, -0.05) is 76.6 Å². The van der Waals surface area contributed by atoms with Gasteiger partial charge in [0.05, 0.1) is 0 Å². The third-order valence-electron chi connectivity index (χ3n) is 7.66. The quantitative estimate of drug-likeness (QED) is 0.444. The molecule has 2 nitrogen and oxygen atoms in total. The van der Waals surface area contributed by atoms with E-state index < -0.39 is 0 Å². The Bertz CT molecular complexity index is 932. The van der Waals surface area contributed by atoms with Crippen molar-refractivity contribution < 1.29 is 14.0 Å². The first-order chi connectivity index (χ1) is 14.5. The molecule has 1 aromatic carbocycles. The van der Waals surface area contributed by atoms with Crippen molar-refractivity contribution in [3.05, 3.63) is 71.1 Å². The highest BCUT2D eigenvalue weighted by Crippen LogP contribution is 2.47. The topological polar surface area (TPSA) is 34.1 Å². The molecule has 2 unspecified atom stereocenters. The Hall–Kier alpha value is -2.29. The SMILES string of the molecule is C=C1C[C@](C)(C(C)C)CC(=O)C1CC1=CC=C(C(=O)C[C@@H](C)c2cccc(F)c2)C1C. The van der Waals surface area contributed by atoms with E-state index in [1.807, 2.05) is 32.1 Å². The average Bonchev–Trinajstić information content (AvgIpc) is 3.05. The van der Waals surface area contributed by atoms with Crippen LogP contribution in [0.2, 0.25) is 0 Å². The van der Waals surface area contributed by atoms with Crippen LogP contribution in [0.15, 0.2) is 59.7 Å². The van der Waals surface area contributed by atoms with Gasteiger partial charge in [0, 0.05) is 30.3 Å². The van der Waals surface area contributed by atoms with Gasteiger partial charge in [0.2, 0.25) is 0 Å². The smallest absolute Gasteiger partial charge is 0.160 e. The van der Waals surface area contributed by atoms with Crippen molar-refractivity contribution in [2.24, 2.45) is 23.2 Å². The summed E-state index contributed by atoms with van der Waals surface area (Å²) in [4.78, 5) is 25.9. The normalized spacial score (nSPS) is 27.3. The summed E-state index contributed by atoms with van der Waals surface area (Å²) in [6.07, 6.45) is 6.41. The molecule has 0 N–H and O–H groups in total. The van der Waals surface area contributed by atoms with E-state index in [-0.39, 0.29) is 40.6 Å². The molecule has 0 saturated heterocycles.